The van der Waals surface area contributed by atoms with Crippen LogP contribution in [0.3, 0.4) is 0 Å². The quantitative estimate of drug-likeness (QED) is 0.753. The molecule has 0 heterocycles. The third kappa shape index (κ3) is 4.82. The number of rotatable bonds is 7. The molecule has 1 aromatic carbocycles. The van der Waals surface area contributed by atoms with Crippen LogP contribution >= 0.6 is 23.2 Å². The first-order valence-corrected chi connectivity index (χ1v) is 6.28. The predicted molar refractivity (Wildman–Crippen MR) is 70.8 cm³/mol. The molecule has 3 nitrogen and oxygen atoms in total. The van der Waals surface area contributed by atoms with Crippen molar-refractivity contribution in [1.82, 2.24) is 5.32 Å². The molecule has 1 aromatic rings. The number of aliphatic hydroxyl groups excluding tert-OH is 1. The Bertz CT molecular complexity index is 347. The van der Waals surface area contributed by atoms with Gasteiger partial charge < -0.3 is 15.2 Å². The van der Waals surface area contributed by atoms with Crippen LogP contribution in [0, 0.1) is 0 Å². The van der Waals surface area contributed by atoms with Crippen LogP contribution in [0.5, 0.6) is 0 Å². The zero-order chi connectivity index (χ0) is 12.7. The van der Waals surface area contributed by atoms with Gasteiger partial charge in [0.25, 0.3) is 0 Å². The molecule has 17 heavy (non-hydrogen) atoms. The van der Waals surface area contributed by atoms with E-state index >= 15 is 0 Å². The third-order valence-electron chi connectivity index (χ3n) is 2.38. The lowest BCUT2D eigenvalue weighted by Gasteiger charge is -2.16. The molecule has 0 amide bonds. The van der Waals surface area contributed by atoms with E-state index in [4.69, 9.17) is 33.0 Å². The number of nitrogens with one attached hydrogen (secondary N) is 1. The average molecular weight is 278 g/mol. The fourth-order valence-electron chi connectivity index (χ4n) is 1.48. The molecule has 0 aromatic heterocycles. The summed E-state index contributed by atoms with van der Waals surface area (Å²) in [6.07, 6.45) is 0. The molecular weight excluding hydrogens is 261 g/mol. The van der Waals surface area contributed by atoms with Gasteiger partial charge in [-0.3, -0.25) is 0 Å². The molecule has 0 saturated heterocycles. The summed E-state index contributed by atoms with van der Waals surface area (Å²) in [5.74, 6) is 0. The van der Waals surface area contributed by atoms with Crippen molar-refractivity contribution < 1.29 is 9.84 Å². The van der Waals surface area contributed by atoms with Crippen molar-refractivity contribution >= 4 is 23.2 Å². The Morgan fingerprint density at radius 1 is 1.35 bits per heavy atom. The predicted octanol–water partition coefficient (Wildman–Crippen LogP) is 2.65. The van der Waals surface area contributed by atoms with E-state index in [2.05, 4.69) is 5.32 Å². The Labute approximate surface area is 112 Å². The monoisotopic (exact) mass is 277 g/mol. The largest absolute Gasteiger partial charge is 0.394 e. The molecule has 1 unspecified atom stereocenters. The maximum atomic E-state index is 8.54. The highest BCUT2D eigenvalue weighted by molar-refractivity contribution is 6.42. The highest BCUT2D eigenvalue weighted by Gasteiger charge is 2.10. The van der Waals surface area contributed by atoms with Crippen LogP contribution in [0.25, 0.3) is 0 Å². The summed E-state index contributed by atoms with van der Waals surface area (Å²) in [4.78, 5) is 0. The van der Waals surface area contributed by atoms with Gasteiger partial charge in [-0.1, -0.05) is 35.3 Å². The fourth-order valence-corrected chi connectivity index (χ4v) is 1.95. The first kappa shape index (κ1) is 14.7. The summed E-state index contributed by atoms with van der Waals surface area (Å²) in [5, 5.41) is 13.0. The summed E-state index contributed by atoms with van der Waals surface area (Å²) < 4.78 is 5.15. The van der Waals surface area contributed by atoms with Crippen LogP contribution in [0.2, 0.25) is 10.0 Å². The van der Waals surface area contributed by atoms with E-state index in [0.717, 1.165) is 5.56 Å². The topological polar surface area (TPSA) is 41.5 Å². The third-order valence-corrected chi connectivity index (χ3v) is 3.21. The van der Waals surface area contributed by atoms with Crippen LogP contribution in [0.15, 0.2) is 18.2 Å². The number of hydrogen-bond donors (Lipinski definition) is 2. The Balaban J connectivity index is 2.41. The fraction of sp³-hybridized carbons (Fsp3) is 0.500. The van der Waals surface area contributed by atoms with Crippen LogP contribution < -0.4 is 5.32 Å². The van der Waals surface area contributed by atoms with Gasteiger partial charge in [0, 0.05) is 12.6 Å². The first-order valence-electron chi connectivity index (χ1n) is 5.52. The molecule has 0 bridgehead atoms. The van der Waals surface area contributed by atoms with Gasteiger partial charge in [-0.15, -0.1) is 0 Å². The lowest BCUT2D eigenvalue weighted by Crippen LogP contribution is -2.24. The van der Waals surface area contributed by atoms with Gasteiger partial charge in [0.05, 0.1) is 29.9 Å². The lowest BCUT2D eigenvalue weighted by atomic mass is 10.1. The molecule has 0 saturated carbocycles. The number of halogens is 2. The average Bonchev–Trinajstić information content (AvgIpc) is 2.32. The Morgan fingerprint density at radius 2 is 2.12 bits per heavy atom. The van der Waals surface area contributed by atoms with Crippen molar-refractivity contribution in [1.29, 1.82) is 0 Å². The molecular formula is C12H17Cl2NO2. The lowest BCUT2D eigenvalue weighted by molar-refractivity contribution is 0.0928. The van der Waals surface area contributed by atoms with E-state index in [9.17, 15) is 0 Å². The number of ether oxygens (including phenoxy) is 1. The molecule has 0 aliphatic carbocycles. The van der Waals surface area contributed by atoms with Gasteiger partial charge in [0.15, 0.2) is 0 Å². The van der Waals surface area contributed by atoms with Crippen molar-refractivity contribution in [2.75, 3.05) is 26.4 Å². The Kier molecular flexibility index (Phi) is 6.85. The summed E-state index contributed by atoms with van der Waals surface area (Å²) >= 11 is 12.1. The summed E-state index contributed by atoms with van der Waals surface area (Å²) in [6.45, 7) is 3.69. The van der Waals surface area contributed by atoms with Crippen molar-refractivity contribution in [3.8, 4) is 0 Å². The van der Waals surface area contributed by atoms with Crippen LogP contribution in [0.4, 0.5) is 0 Å². The molecule has 96 valence electrons. The number of hydrogen-bond acceptors (Lipinski definition) is 3. The van der Waals surface area contributed by atoms with Crippen LogP contribution in [-0.4, -0.2) is 31.5 Å². The summed E-state index contributed by atoms with van der Waals surface area (Å²) in [7, 11) is 0. The van der Waals surface area contributed by atoms with E-state index in [1.165, 1.54) is 0 Å². The van der Waals surface area contributed by atoms with Crippen molar-refractivity contribution in [2.24, 2.45) is 0 Å². The zero-order valence-electron chi connectivity index (χ0n) is 9.75. The second-order valence-corrected chi connectivity index (χ2v) is 4.44. The molecule has 5 heteroatoms. The highest BCUT2D eigenvalue weighted by Crippen LogP contribution is 2.29. The second-order valence-electron chi connectivity index (χ2n) is 3.65. The molecule has 0 fully saturated rings. The van der Waals surface area contributed by atoms with Crippen LogP contribution in [-0.2, 0) is 4.74 Å². The molecule has 1 rings (SSSR count). The minimum Gasteiger partial charge on any atom is -0.394 e. The van der Waals surface area contributed by atoms with E-state index in [0.29, 0.717) is 29.8 Å². The molecule has 0 aliphatic rings. The van der Waals surface area contributed by atoms with Crippen LogP contribution in [0.1, 0.15) is 18.5 Å². The highest BCUT2D eigenvalue weighted by atomic mass is 35.5. The molecule has 1 atom stereocenters. The van der Waals surface area contributed by atoms with E-state index < -0.39 is 0 Å². The normalized spacial score (nSPS) is 12.7. The Hall–Kier alpha value is -0.320. The molecule has 2 N–H and O–H groups in total. The van der Waals surface area contributed by atoms with Gasteiger partial charge in [0.2, 0.25) is 0 Å². The zero-order valence-corrected chi connectivity index (χ0v) is 11.3. The van der Waals surface area contributed by atoms with Crippen molar-refractivity contribution in [3.05, 3.63) is 33.8 Å². The van der Waals surface area contributed by atoms with Crippen molar-refractivity contribution in [3.63, 3.8) is 0 Å². The SMILES string of the molecule is CC(NCCOCCO)c1cccc(Cl)c1Cl. The molecule has 0 aliphatic heterocycles. The first-order chi connectivity index (χ1) is 8.16. The van der Waals surface area contributed by atoms with Gasteiger partial charge in [0.1, 0.15) is 0 Å². The maximum absolute atomic E-state index is 8.54. The molecule has 0 radical (unpaired) electrons. The number of aliphatic hydroxyl groups is 1. The number of benzene rings is 1. The Morgan fingerprint density at radius 3 is 2.82 bits per heavy atom. The molecule has 0 spiro atoms. The van der Waals surface area contributed by atoms with Gasteiger partial charge in [-0.2, -0.15) is 0 Å². The minimum atomic E-state index is 0.0513. The van der Waals surface area contributed by atoms with E-state index in [1.807, 2.05) is 19.1 Å². The maximum Gasteiger partial charge on any atom is 0.0698 e. The van der Waals surface area contributed by atoms with E-state index in [1.54, 1.807) is 6.07 Å². The van der Waals surface area contributed by atoms with Gasteiger partial charge in [-0.25, -0.2) is 0 Å². The summed E-state index contributed by atoms with van der Waals surface area (Å²) in [6, 6.07) is 5.70. The van der Waals surface area contributed by atoms with Crippen molar-refractivity contribution in [2.45, 2.75) is 13.0 Å². The second kappa shape index (κ2) is 7.90. The minimum absolute atomic E-state index is 0.0513. The van der Waals surface area contributed by atoms with E-state index in [-0.39, 0.29) is 12.6 Å². The van der Waals surface area contributed by atoms with Gasteiger partial charge in [-0.05, 0) is 18.6 Å². The smallest absolute Gasteiger partial charge is 0.0698 e. The summed E-state index contributed by atoms with van der Waals surface area (Å²) in [5.41, 5.74) is 0.973. The standard InChI is InChI=1S/C12H17Cl2NO2/c1-9(15-5-7-17-8-6-16)10-3-2-4-11(13)12(10)14/h2-4,9,15-16H,5-8H2,1H3. The van der Waals surface area contributed by atoms with Gasteiger partial charge >= 0.3 is 0 Å².